The largest absolute Gasteiger partial charge is 0.480 e. The van der Waals surface area contributed by atoms with Gasteiger partial charge in [0, 0.05) is 6.54 Å². The third-order valence-electron chi connectivity index (χ3n) is 5.47. The first kappa shape index (κ1) is 32.0. The number of hydrogen-bond donors (Lipinski definition) is 9. The van der Waals surface area contributed by atoms with Gasteiger partial charge in [-0.05, 0) is 38.1 Å². The molecule has 0 bridgehead atoms. The SMILES string of the molecule is CCC(C)C(NC(=O)C(CCCN=C(N)N)NC(=O)C(N)CCCCN)C(=O)NC(CO)C(=O)O. The Hall–Kier alpha value is -2.97. The Labute approximate surface area is 205 Å². The second kappa shape index (κ2) is 17.5. The van der Waals surface area contributed by atoms with Crippen LogP contribution in [0.15, 0.2) is 4.99 Å². The van der Waals surface area contributed by atoms with Crippen molar-refractivity contribution in [3.63, 3.8) is 0 Å². The molecule has 0 radical (unpaired) electrons. The summed E-state index contributed by atoms with van der Waals surface area (Å²) < 4.78 is 0. The molecule has 3 amide bonds. The summed E-state index contributed by atoms with van der Waals surface area (Å²) in [6.45, 7) is 3.39. The minimum absolute atomic E-state index is 0.109. The number of aliphatic carboxylic acids is 1. The lowest BCUT2D eigenvalue weighted by Gasteiger charge is -2.28. The summed E-state index contributed by atoms with van der Waals surface area (Å²) in [5, 5.41) is 25.7. The zero-order valence-corrected chi connectivity index (χ0v) is 20.5. The first-order valence-corrected chi connectivity index (χ1v) is 11.7. The highest BCUT2D eigenvalue weighted by molar-refractivity contribution is 5.94. The van der Waals surface area contributed by atoms with Gasteiger partial charge in [0.05, 0.1) is 12.6 Å². The van der Waals surface area contributed by atoms with Gasteiger partial charge in [0.1, 0.15) is 18.1 Å². The van der Waals surface area contributed by atoms with Gasteiger partial charge >= 0.3 is 5.97 Å². The summed E-state index contributed by atoms with van der Waals surface area (Å²) >= 11 is 0. The molecule has 0 rings (SSSR count). The Morgan fingerprint density at radius 1 is 0.914 bits per heavy atom. The van der Waals surface area contributed by atoms with Crippen LogP contribution in [0.5, 0.6) is 0 Å². The summed E-state index contributed by atoms with van der Waals surface area (Å²) in [5.41, 5.74) is 22.0. The second-order valence-electron chi connectivity index (χ2n) is 8.35. The van der Waals surface area contributed by atoms with Gasteiger partial charge < -0.3 is 49.1 Å². The predicted molar refractivity (Wildman–Crippen MR) is 131 cm³/mol. The van der Waals surface area contributed by atoms with E-state index in [1.165, 1.54) is 0 Å². The lowest BCUT2D eigenvalue weighted by Crippen LogP contribution is -2.59. The van der Waals surface area contributed by atoms with Crippen LogP contribution in [0.3, 0.4) is 0 Å². The first-order chi connectivity index (χ1) is 16.5. The van der Waals surface area contributed by atoms with Crippen molar-refractivity contribution in [1.82, 2.24) is 16.0 Å². The quantitative estimate of drug-likeness (QED) is 0.0523. The number of nitrogens with zero attached hydrogens (tertiary/aromatic N) is 1. The number of aliphatic hydroxyl groups excluding tert-OH is 1. The molecule has 202 valence electrons. The van der Waals surface area contributed by atoms with Crippen LogP contribution >= 0.6 is 0 Å². The molecular weight excluding hydrogens is 460 g/mol. The van der Waals surface area contributed by atoms with Crippen molar-refractivity contribution >= 4 is 29.7 Å². The zero-order valence-electron chi connectivity index (χ0n) is 20.5. The number of rotatable bonds is 18. The van der Waals surface area contributed by atoms with Gasteiger partial charge in [-0.2, -0.15) is 0 Å². The van der Waals surface area contributed by atoms with Crippen molar-refractivity contribution in [1.29, 1.82) is 0 Å². The molecule has 0 spiro atoms. The molecule has 13 N–H and O–H groups in total. The van der Waals surface area contributed by atoms with Crippen molar-refractivity contribution in [3.8, 4) is 0 Å². The Bertz CT molecular complexity index is 716. The van der Waals surface area contributed by atoms with E-state index in [0.717, 1.165) is 0 Å². The van der Waals surface area contributed by atoms with Crippen LogP contribution in [0, 0.1) is 5.92 Å². The van der Waals surface area contributed by atoms with E-state index in [1.807, 2.05) is 0 Å². The van der Waals surface area contributed by atoms with Crippen molar-refractivity contribution < 1.29 is 29.4 Å². The zero-order chi connectivity index (χ0) is 27.0. The van der Waals surface area contributed by atoms with Crippen molar-refractivity contribution in [3.05, 3.63) is 0 Å². The monoisotopic (exact) mass is 502 g/mol. The lowest BCUT2D eigenvalue weighted by molar-refractivity contribution is -0.143. The van der Waals surface area contributed by atoms with E-state index < -0.39 is 54.5 Å². The molecule has 0 aromatic carbocycles. The summed E-state index contributed by atoms with van der Waals surface area (Å²) in [6, 6.07) is -4.50. The minimum atomic E-state index is -1.52. The van der Waals surface area contributed by atoms with E-state index >= 15 is 0 Å². The van der Waals surface area contributed by atoms with Gasteiger partial charge in [0.2, 0.25) is 17.7 Å². The van der Waals surface area contributed by atoms with E-state index in [4.69, 9.17) is 28.0 Å². The van der Waals surface area contributed by atoms with Crippen LogP contribution in [0.25, 0.3) is 0 Å². The molecule has 0 aliphatic rings. The Morgan fingerprint density at radius 2 is 1.54 bits per heavy atom. The van der Waals surface area contributed by atoms with Crippen LogP contribution in [0.1, 0.15) is 52.4 Å². The molecule has 5 atom stereocenters. The summed E-state index contributed by atoms with van der Waals surface area (Å²) in [4.78, 5) is 53.4. The molecule has 35 heavy (non-hydrogen) atoms. The number of unbranched alkanes of at least 4 members (excludes halogenated alkanes) is 1. The first-order valence-electron chi connectivity index (χ1n) is 11.7. The number of nitrogens with one attached hydrogen (secondary N) is 3. The fourth-order valence-electron chi connectivity index (χ4n) is 3.09. The molecule has 0 aromatic rings. The number of carboxylic acids is 1. The van der Waals surface area contributed by atoms with E-state index in [9.17, 15) is 24.3 Å². The third-order valence-corrected chi connectivity index (χ3v) is 5.47. The molecule has 14 nitrogen and oxygen atoms in total. The average molecular weight is 503 g/mol. The fourth-order valence-corrected chi connectivity index (χ4v) is 3.09. The number of aliphatic imine (C=N–C) groups is 1. The number of amides is 3. The molecule has 0 aliphatic heterocycles. The van der Waals surface area contributed by atoms with Crippen molar-refractivity contribution in [2.45, 2.75) is 76.5 Å². The topological polar surface area (TPSA) is 261 Å². The maximum absolute atomic E-state index is 13.1. The number of hydrogen-bond acceptors (Lipinski definition) is 8. The van der Waals surface area contributed by atoms with Crippen molar-refractivity contribution in [2.24, 2.45) is 33.8 Å². The number of carbonyl (C=O) groups is 4. The summed E-state index contributed by atoms with van der Waals surface area (Å²) in [6.07, 6.45) is 2.75. The fraction of sp³-hybridized carbons (Fsp3) is 0.762. The summed E-state index contributed by atoms with van der Waals surface area (Å²) in [7, 11) is 0. The molecular formula is C21H42N8O6. The van der Waals surface area contributed by atoms with Crippen LogP contribution in [0.2, 0.25) is 0 Å². The molecule has 0 aliphatic carbocycles. The van der Waals surface area contributed by atoms with Gasteiger partial charge in [-0.3, -0.25) is 19.4 Å². The molecule has 14 heteroatoms. The number of aliphatic hydroxyl groups is 1. The molecule has 0 saturated carbocycles. The molecule has 0 fully saturated rings. The normalized spacial score (nSPS) is 15.1. The highest BCUT2D eigenvalue weighted by atomic mass is 16.4. The summed E-state index contributed by atoms with van der Waals surface area (Å²) in [5.74, 6) is -3.83. The van der Waals surface area contributed by atoms with E-state index in [1.54, 1.807) is 13.8 Å². The van der Waals surface area contributed by atoms with Crippen LogP contribution in [-0.2, 0) is 19.2 Å². The Morgan fingerprint density at radius 3 is 2.06 bits per heavy atom. The lowest BCUT2D eigenvalue weighted by atomic mass is 9.97. The van der Waals surface area contributed by atoms with Crippen molar-refractivity contribution in [2.75, 3.05) is 19.7 Å². The molecule has 0 saturated heterocycles. The van der Waals surface area contributed by atoms with Gasteiger partial charge in [-0.1, -0.05) is 26.7 Å². The molecule has 0 aromatic heterocycles. The average Bonchev–Trinajstić information content (AvgIpc) is 2.81. The number of carbonyl (C=O) groups excluding carboxylic acids is 3. The van der Waals surface area contributed by atoms with Gasteiger partial charge in [-0.15, -0.1) is 0 Å². The predicted octanol–water partition coefficient (Wildman–Crippen LogP) is -2.93. The highest BCUT2D eigenvalue weighted by Gasteiger charge is 2.32. The van der Waals surface area contributed by atoms with E-state index in [0.29, 0.717) is 38.6 Å². The minimum Gasteiger partial charge on any atom is -0.480 e. The number of carboxylic acid groups (broad SMARTS) is 1. The van der Waals surface area contributed by atoms with E-state index in [-0.39, 0.29) is 24.8 Å². The number of guanidine groups is 1. The standard InChI is InChI=1S/C21H42N8O6/c1-3-12(2)16(19(33)28-15(11-30)20(34)35)29-18(32)14(8-6-10-26-21(24)25)27-17(31)13(23)7-4-5-9-22/h12-16,30H,3-11,22-23H2,1-2H3,(H,27,31)(H,28,33)(H,29,32)(H,34,35)(H4,24,25,26). The smallest absolute Gasteiger partial charge is 0.328 e. The maximum Gasteiger partial charge on any atom is 0.328 e. The van der Waals surface area contributed by atoms with Gasteiger partial charge in [0.15, 0.2) is 5.96 Å². The third kappa shape index (κ3) is 12.9. The van der Waals surface area contributed by atoms with Crippen LogP contribution < -0.4 is 38.9 Å². The molecule has 0 heterocycles. The maximum atomic E-state index is 13.1. The van der Waals surface area contributed by atoms with Gasteiger partial charge in [-0.25, -0.2) is 4.79 Å². The Balaban J connectivity index is 5.51. The Kier molecular flexibility index (Phi) is 16.0. The van der Waals surface area contributed by atoms with Crippen LogP contribution in [-0.4, -0.2) is 83.7 Å². The second-order valence-corrected chi connectivity index (χ2v) is 8.35. The van der Waals surface area contributed by atoms with E-state index in [2.05, 4.69) is 20.9 Å². The number of nitrogens with two attached hydrogens (primary N) is 4. The molecule has 5 unspecified atom stereocenters. The van der Waals surface area contributed by atoms with Crippen LogP contribution in [0.4, 0.5) is 0 Å². The highest BCUT2D eigenvalue weighted by Crippen LogP contribution is 2.10. The van der Waals surface area contributed by atoms with Gasteiger partial charge in [0.25, 0.3) is 0 Å².